The summed E-state index contributed by atoms with van der Waals surface area (Å²) in [6, 6.07) is 1.48. The number of hydrogen-bond donors (Lipinski definition) is 2. The number of amides is 1. The first-order valence-corrected chi connectivity index (χ1v) is 8.34. The number of carbonyl (C=O) groups is 1. The molecular weight excluding hydrogens is 312 g/mol. The van der Waals surface area contributed by atoms with Gasteiger partial charge < -0.3 is 10.1 Å². The number of aromatic amines is 1. The summed E-state index contributed by atoms with van der Waals surface area (Å²) in [6.45, 7) is 7.93. The van der Waals surface area contributed by atoms with Crippen molar-refractivity contribution in [1.82, 2.24) is 19.8 Å². The first-order chi connectivity index (χ1) is 11.5. The van der Waals surface area contributed by atoms with Crippen molar-refractivity contribution in [3.8, 4) is 0 Å². The van der Waals surface area contributed by atoms with Gasteiger partial charge in [0.2, 0.25) is 5.91 Å². The molecule has 24 heavy (non-hydrogen) atoms. The van der Waals surface area contributed by atoms with E-state index < -0.39 is 11.2 Å². The SMILES string of the molecule is CC(C)CC(CNC(=O)Cn1ccc(=O)[nH]c1=O)N1CCOCC1. The Balaban J connectivity index is 1.91. The number of morpholine rings is 1. The molecule has 1 saturated heterocycles. The van der Waals surface area contributed by atoms with Crippen LogP contribution >= 0.6 is 0 Å². The standard InChI is InChI=1S/C16H26N4O4/c1-12(2)9-13(19-5-7-24-8-6-19)10-17-15(22)11-20-4-3-14(21)18-16(20)23/h3-4,12-13H,5-11H2,1-2H3,(H,17,22)(H,18,21,23). The van der Waals surface area contributed by atoms with Gasteiger partial charge in [-0.1, -0.05) is 13.8 Å². The third-order valence-corrected chi connectivity index (χ3v) is 4.05. The quantitative estimate of drug-likeness (QED) is 0.692. The molecule has 1 unspecified atom stereocenters. The summed E-state index contributed by atoms with van der Waals surface area (Å²) < 4.78 is 6.57. The third kappa shape index (κ3) is 5.61. The summed E-state index contributed by atoms with van der Waals surface area (Å²) in [4.78, 5) is 39.2. The molecule has 8 heteroatoms. The van der Waals surface area contributed by atoms with E-state index in [9.17, 15) is 14.4 Å². The molecule has 2 rings (SSSR count). The maximum absolute atomic E-state index is 12.1. The molecule has 0 spiro atoms. The summed E-state index contributed by atoms with van der Waals surface area (Å²) in [5.74, 6) is 0.280. The van der Waals surface area contributed by atoms with Crippen LogP contribution in [0.4, 0.5) is 0 Å². The number of aromatic nitrogens is 2. The summed E-state index contributed by atoms with van der Waals surface area (Å²) in [6.07, 6.45) is 2.31. The average Bonchev–Trinajstić information content (AvgIpc) is 2.54. The van der Waals surface area contributed by atoms with Gasteiger partial charge in [-0.3, -0.25) is 24.0 Å². The number of hydrogen-bond acceptors (Lipinski definition) is 5. The summed E-state index contributed by atoms with van der Waals surface area (Å²) in [5, 5.41) is 2.90. The van der Waals surface area contributed by atoms with E-state index in [1.807, 2.05) is 0 Å². The van der Waals surface area contributed by atoms with Crippen molar-refractivity contribution >= 4 is 5.91 Å². The van der Waals surface area contributed by atoms with Crippen molar-refractivity contribution in [2.75, 3.05) is 32.8 Å². The Morgan fingerprint density at radius 3 is 2.67 bits per heavy atom. The lowest BCUT2D eigenvalue weighted by atomic mass is 10.0. The minimum absolute atomic E-state index is 0.104. The highest BCUT2D eigenvalue weighted by atomic mass is 16.5. The monoisotopic (exact) mass is 338 g/mol. The molecule has 134 valence electrons. The van der Waals surface area contributed by atoms with Crippen molar-refractivity contribution in [2.45, 2.75) is 32.9 Å². The number of nitrogens with zero attached hydrogens (tertiary/aromatic N) is 2. The number of carbonyl (C=O) groups excluding carboxylic acids is 1. The van der Waals surface area contributed by atoms with Gasteiger partial charge >= 0.3 is 5.69 Å². The van der Waals surface area contributed by atoms with E-state index in [1.165, 1.54) is 16.8 Å². The second-order valence-corrected chi connectivity index (χ2v) is 6.47. The highest BCUT2D eigenvalue weighted by Gasteiger charge is 2.22. The van der Waals surface area contributed by atoms with Crippen molar-refractivity contribution in [3.63, 3.8) is 0 Å². The Morgan fingerprint density at radius 1 is 1.33 bits per heavy atom. The van der Waals surface area contributed by atoms with E-state index in [2.05, 4.69) is 29.0 Å². The van der Waals surface area contributed by atoms with Gasteiger partial charge in [-0.05, 0) is 12.3 Å². The van der Waals surface area contributed by atoms with E-state index in [-0.39, 0.29) is 18.5 Å². The van der Waals surface area contributed by atoms with Gasteiger partial charge in [0.15, 0.2) is 0 Å². The Hall–Kier alpha value is -1.93. The Morgan fingerprint density at radius 2 is 2.04 bits per heavy atom. The van der Waals surface area contributed by atoms with E-state index in [0.717, 1.165) is 32.7 Å². The van der Waals surface area contributed by atoms with Gasteiger partial charge in [0.25, 0.3) is 5.56 Å². The largest absolute Gasteiger partial charge is 0.379 e. The number of rotatable bonds is 7. The second kappa shape index (κ2) is 8.79. The van der Waals surface area contributed by atoms with Crippen LogP contribution in [0.15, 0.2) is 21.9 Å². The Labute approximate surface area is 140 Å². The molecular formula is C16H26N4O4. The summed E-state index contributed by atoms with van der Waals surface area (Å²) in [5.41, 5.74) is -1.05. The lowest BCUT2D eigenvalue weighted by Crippen LogP contribution is -2.49. The predicted octanol–water partition coefficient (Wildman–Crippen LogP) is -0.600. The van der Waals surface area contributed by atoms with Crippen LogP contribution in [0, 0.1) is 5.92 Å². The normalized spacial score (nSPS) is 17.0. The molecule has 1 aliphatic heterocycles. The summed E-state index contributed by atoms with van der Waals surface area (Å²) in [7, 11) is 0. The van der Waals surface area contributed by atoms with E-state index in [1.54, 1.807) is 0 Å². The summed E-state index contributed by atoms with van der Waals surface area (Å²) >= 11 is 0. The molecule has 1 aliphatic rings. The first kappa shape index (κ1) is 18.4. The number of H-pyrrole nitrogens is 1. The Kier molecular flexibility index (Phi) is 6.74. The van der Waals surface area contributed by atoms with Crippen LogP contribution in [0.2, 0.25) is 0 Å². The van der Waals surface area contributed by atoms with Crippen LogP contribution in [0.25, 0.3) is 0 Å². The number of ether oxygens (including phenoxy) is 1. The third-order valence-electron chi connectivity index (χ3n) is 4.05. The predicted molar refractivity (Wildman–Crippen MR) is 90.0 cm³/mol. The van der Waals surface area contributed by atoms with Crippen LogP contribution < -0.4 is 16.6 Å². The molecule has 8 nitrogen and oxygen atoms in total. The van der Waals surface area contributed by atoms with Crippen molar-refractivity contribution in [2.24, 2.45) is 5.92 Å². The zero-order valence-corrected chi connectivity index (χ0v) is 14.3. The average molecular weight is 338 g/mol. The zero-order chi connectivity index (χ0) is 17.5. The lowest BCUT2D eigenvalue weighted by molar-refractivity contribution is -0.122. The van der Waals surface area contributed by atoms with Crippen molar-refractivity contribution in [1.29, 1.82) is 0 Å². The van der Waals surface area contributed by atoms with E-state index in [4.69, 9.17) is 4.74 Å². The molecule has 1 aromatic rings. The highest BCUT2D eigenvalue weighted by Crippen LogP contribution is 2.12. The Bertz CT molecular complexity index is 646. The minimum Gasteiger partial charge on any atom is -0.379 e. The fourth-order valence-corrected chi connectivity index (χ4v) is 2.86. The molecule has 0 radical (unpaired) electrons. The molecule has 0 aliphatic carbocycles. The second-order valence-electron chi connectivity index (χ2n) is 6.47. The van der Waals surface area contributed by atoms with E-state index >= 15 is 0 Å². The molecule has 1 aromatic heterocycles. The molecule has 2 heterocycles. The van der Waals surface area contributed by atoms with Gasteiger partial charge in [0, 0.05) is 37.9 Å². The van der Waals surface area contributed by atoms with Gasteiger partial charge in [0.05, 0.1) is 13.2 Å². The van der Waals surface area contributed by atoms with Gasteiger partial charge in [0.1, 0.15) is 6.54 Å². The highest BCUT2D eigenvalue weighted by molar-refractivity contribution is 5.75. The fraction of sp³-hybridized carbons (Fsp3) is 0.688. The fourth-order valence-electron chi connectivity index (χ4n) is 2.86. The van der Waals surface area contributed by atoms with Crippen molar-refractivity contribution < 1.29 is 9.53 Å². The smallest absolute Gasteiger partial charge is 0.328 e. The lowest BCUT2D eigenvalue weighted by Gasteiger charge is -2.35. The maximum atomic E-state index is 12.1. The zero-order valence-electron chi connectivity index (χ0n) is 14.3. The molecule has 0 bridgehead atoms. The van der Waals surface area contributed by atoms with Gasteiger partial charge in [-0.25, -0.2) is 4.79 Å². The molecule has 0 saturated carbocycles. The number of nitrogens with one attached hydrogen (secondary N) is 2. The van der Waals surface area contributed by atoms with Gasteiger partial charge in [-0.15, -0.1) is 0 Å². The molecule has 0 aromatic carbocycles. The topological polar surface area (TPSA) is 96.4 Å². The molecule has 1 amide bonds. The van der Waals surface area contributed by atoms with Crippen LogP contribution in [-0.4, -0.2) is 59.2 Å². The molecule has 1 fully saturated rings. The van der Waals surface area contributed by atoms with E-state index in [0.29, 0.717) is 12.5 Å². The van der Waals surface area contributed by atoms with Crippen LogP contribution in [0.3, 0.4) is 0 Å². The molecule has 1 atom stereocenters. The van der Waals surface area contributed by atoms with Gasteiger partial charge in [-0.2, -0.15) is 0 Å². The minimum atomic E-state index is -0.579. The van der Waals surface area contributed by atoms with Crippen LogP contribution in [0.5, 0.6) is 0 Å². The maximum Gasteiger partial charge on any atom is 0.328 e. The molecule has 2 N–H and O–H groups in total. The van der Waals surface area contributed by atoms with Crippen LogP contribution in [0.1, 0.15) is 20.3 Å². The van der Waals surface area contributed by atoms with Crippen molar-refractivity contribution in [3.05, 3.63) is 33.1 Å². The first-order valence-electron chi connectivity index (χ1n) is 8.34. The van der Waals surface area contributed by atoms with Crippen LogP contribution in [-0.2, 0) is 16.1 Å².